The average molecular weight is 297 g/mol. The predicted octanol–water partition coefficient (Wildman–Crippen LogP) is 1.56. The maximum absolute atomic E-state index is 11.7. The highest BCUT2D eigenvalue weighted by molar-refractivity contribution is 5.93. The van der Waals surface area contributed by atoms with Gasteiger partial charge in [0, 0.05) is 25.5 Å². The Hall–Kier alpha value is -2.69. The number of nitrogens with zero attached hydrogens (tertiary/aromatic N) is 1. The zero-order chi connectivity index (χ0) is 15.6. The Morgan fingerprint density at radius 2 is 1.73 bits per heavy atom. The second-order valence-corrected chi connectivity index (χ2v) is 4.86. The SMILES string of the molecule is O=C(Cc1ccccc1)NCCCNC(=O)c1cccnc1. The Balaban J connectivity index is 1.59. The molecule has 0 saturated carbocycles. The number of hydrogen-bond donors (Lipinski definition) is 2. The Kier molecular flexibility index (Phi) is 6.11. The van der Waals surface area contributed by atoms with E-state index in [1.54, 1.807) is 18.3 Å². The number of aromatic nitrogens is 1. The Labute approximate surface area is 129 Å². The van der Waals surface area contributed by atoms with Crippen molar-refractivity contribution in [2.75, 3.05) is 13.1 Å². The molecule has 0 atom stereocenters. The van der Waals surface area contributed by atoms with E-state index in [1.165, 1.54) is 6.20 Å². The first-order chi connectivity index (χ1) is 10.8. The van der Waals surface area contributed by atoms with E-state index in [2.05, 4.69) is 15.6 Å². The first-order valence-electron chi connectivity index (χ1n) is 7.24. The van der Waals surface area contributed by atoms with Gasteiger partial charge in [-0.15, -0.1) is 0 Å². The summed E-state index contributed by atoms with van der Waals surface area (Å²) in [5.74, 6) is -0.159. The first kappa shape index (κ1) is 15.7. The lowest BCUT2D eigenvalue weighted by Gasteiger charge is -2.07. The van der Waals surface area contributed by atoms with Crippen LogP contribution in [0.1, 0.15) is 22.3 Å². The minimum Gasteiger partial charge on any atom is -0.356 e. The lowest BCUT2D eigenvalue weighted by molar-refractivity contribution is -0.120. The van der Waals surface area contributed by atoms with Crippen LogP contribution in [0.5, 0.6) is 0 Å². The van der Waals surface area contributed by atoms with Crippen molar-refractivity contribution in [3.63, 3.8) is 0 Å². The van der Waals surface area contributed by atoms with Crippen LogP contribution in [0, 0.1) is 0 Å². The molecule has 0 aliphatic heterocycles. The van der Waals surface area contributed by atoms with Gasteiger partial charge in [0.25, 0.3) is 5.91 Å². The molecule has 22 heavy (non-hydrogen) atoms. The molecule has 0 fully saturated rings. The number of carbonyl (C=O) groups is 2. The minimum absolute atomic E-state index is 0.00946. The molecule has 5 heteroatoms. The van der Waals surface area contributed by atoms with Gasteiger partial charge in [-0.25, -0.2) is 0 Å². The number of hydrogen-bond acceptors (Lipinski definition) is 3. The molecule has 0 unspecified atom stereocenters. The van der Waals surface area contributed by atoms with Gasteiger partial charge in [0.05, 0.1) is 12.0 Å². The maximum atomic E-state index is 11.7. The zero-order valence-electron chi connectivity index (χ0n) is 12.3. The van der Waals surface area contributed by atoms with E-state index in [0.717, 1.165) is 5.56 Å². The van der Waals surface area contributed by atoms with Crippen LogP contribution in [0.3, 0.4) is 0 Å². The highest BCUT2D eigenvalue weighted by Gasteiger charge is 2.04. The van der Waals surface area contributed by atoms with Crippen LogP contribution in [0.25, 0.3) is 0 Å². The zero-order valence-corrected chi connectivity index (χ0v) is 12.3. The smallest absolute Gasteiger partial charge is 0.252 e. The Morgan fingerprint density at radius 3 is 2.45 bits per heavy atom. The van der Waals surface area contributed by atoms with E-state index in [9.17, 15) is 9.59 Å². The fourth-order valence-corrected chi connectivity index (χ4v) is 1.96. The van der Waals surface area contributed by atoms with Crippen molar-refractivity contribution in [2.45, 2.75) is 12.8 Å². The molecule has 0 spiro atoms. The summed E-state index contributed by atoms with van der Waals surface area (Å²) >= 11 is 0. The summed E-state index contributed by atoms with van der Waals surface area (Å²) < 4.78 is 0. The highest BCUT2D eigenvalue weighted by Crippen LogP contribution is 1.99. The lowest BCUT2D eigenvalue weighted by Crippen LogP contribution is -2.30. The third-order valence-electron chi connectivity index (χ3n) is 3.09. The number of benzene rings is 1. The molecule has 0 aliphatic rings. The van der Waals surface area contributed by atoms with Gasteiger partial charge < -0.3 is 10.6 Å². The van der Waals surface area contributed by atoms with E-state index in [-0.39, 0.29) is 11.8 Å². The molecule has 2 rings (SSSR count). The van der Waals surface area contributed by atoms with Crippen molar-refractivity contribution in [1.82, 2.24) is 15.6 Å². The maximum Gasteiger partial charge on any atom is 0.252 e. The van der Waals surface area contributed by atoms with Crippen LogP contribution in [0.4, 0.5) is 0 Å². The Morgan fingerprint density at radius 1 is 0.955 bits per heavy atom. The van der Waals surface area contributed by atoms with Crippen LogP contribution in [0.15, 0.2) is 54.9 Å². The molecule has 0 bridgehead atoms. The Bertz CT molecular complexity index is 600. The quantitative estimate of drug-likeness (QED) is 0.762. The van der Waals surface area contributed by atoms with Crippen LogP contribution in [-0.4, -0.2) is 29.9 Å². The van der Waals surface area contributed by atoms with E-state index in [1.807, 2.05) is 30.3 Å². The molecule has 1 heterocycles. The fourth-order valence-electron chi connectivity index (χ4n) is 1.96. The third-order valence-corrected chi connectivity index (χ3v) is 3.09. The molecule has 2 N–H and O–H groups in total. The summed E-state index contributed by atoms with van der Waals surface area (Å²) in [5, 5.41) is 5.63. The van der Waals surface area contributed by atoms with Crippen molar-refractivity contribution in [3.8, 4) is 0 Å². The molecule has 5 nitrogen and oxygen atoms in total. The molecular formula is C17H19N3O2. The van der Waals surface area contributed by atoms with Crippen LogP contribution in [-0.2, 0) is 11.2 Å². The topological polar surface area (TPSA) is 71.1 Å². The summed E-state index contributed by atoms with van der Waals surface area (Å²) in [6.07, 6.45) is 4.21. The van der Waals surface area contributed by atoms with E-state index >= 15 is 0 Å². The number of pyridine rings is 1. The second kappa shape index (κ2) is 8.56. The van der Waals surface area contributed by atoms with Crippen LogP contribution < -0.4 is 10.6 Å². The van der Waals surface area contributed by atoms with Gasteiger partial charge in [0.15, 0.2) is 0 Å². The van der Waals surface area contributed by atoms with Crippen molar-refractivity contribution >= 4 is 11.8 Å². The number of amides is 2. The van der Waals surface area contributed by atoms with Gasteiger partial charge in [-0.3, -0.25) is 14.6 Å². The van der Waals surface area contributed by atoms with Crippen LogP contribution >= 0.6 is 0 Å². The van der Waals surface area contributed by atoms with Gasteiger partial charge in [0.1, 0.15) is 0 Å². The van der Waals surface area contributed by atoms with Gasteiger partial charge in [0.2, 0.25) is 5.91 Å². The first-order valence-corrected chi connectivity index (χ1v) is 7.24. The molecular weight excluding hydrogens is 278 g/mol. The summed E-state index contributed by atoms with van der Waals surface area (Å²) in [4.78, 5) is 27.4. The van der Waals surface area contributed by atoms with E-state index in [4.69, 9.17) is 0 Å². The van der Waals surface area contributed by atoms with E-state index < -0.39 is 0 Å². The average Bonchev–Trinajstić information content (AvgIpc) is 2.56. The molecule has 114 valence electrons. The predicted molar refractivity (Wildman–Crippen MR) is 84.3 cm³/mol. The molecule has 0 aliphatic carbocycles. The largest absolute Gasteiger partial charge is 0.356 e. The summed E-state index contributed by atoms with van der Waals surface area (Å²) in [6.45, 7) is 1.05. The monoisotopic (exact) mass is 297 g/mol. The lowest BCUT2D eigenvalue weighted by atomic mass is 10.1. The van der Waals surface area contributed by atoms with Gasteiger partial charge in [-0.2, -0.15) is 0 Å². The van der Waals surface area contributed by atoms with Gasteiger partial charge in [-0.1, -0.05) is 30.3 Å². The molecule has 2 amide bonds. The van der Waals surface area contributed by atoms with Crippen molar-refractivity contribution in [3.05, 3.63) is 66.0 Å². The minimum atomic E-state index is -0.149. The summed E-state index contributed by atoms with van der Waals surface area (Å²) in [6, 6.07) is 13.0. The van der Waals surface area contributed by atoms with Crippen LogP contribution in [0.2, 0.25) is 0 Å². The number of carbonyl (C=O) groups excluding carboxylic acids is 2. The molecule has 0 saturated heterocycles. The van der Waals surface area contributed by atoms with Crippen molar-refractivity contribution < 1.29 is 9.59 Å². The van der Waals surface area contributed by atoms with Gasteiger partial charge in [-0.05, 0) is 24.1 Å². The van der Waals surface area contributed by atoms with E-state index in [0.29, 0.717) is 31.5 Å². The second-order valence-electron chi connectivity index (χ2n) is 4.86. The standard InChI is InChI=1S/C17H19N3O2/c21-16(12-14-6-2-1-3-7-14)19-10-5-11-20-17(22)15-8-4-9-18-13-15/h1-4,6-9,13H,5,10-12H2,(H,19,21)(H,20,22). The number of rotatable bonds is 7. The number of nitrogens with one attached hydrogen (secondary N) is 2. The highest BCUT2D eigenvalue weighted by atomic mass is 16.2. The molecule has 1 aromatic carbocycles. The third kappa shape index (κ3) is 5.36. The van der Waals surface area contributed by atoms with Crippen molar-refractivity contribution in [1.29, 1.82) is 0 Å². The van der Waals surface area contributed by atoms with Crippen molar-refractivity contribution in [2.24, 2.45) is 0 Å². The summed E-state index contributed by atoms with van der Waals surface area (Å²) in [7, 11) is 0. The fraction of sp³-hybridized carbons (Fsp3) is 0.235. The molecule has 0 radical (unpaired) electrons. The normalized spacial score (nSPS) is 10.0. The summed E-state index contributed by atoms with van der Waals surface area (Å²) in [5.41, 5.74) is 1.53. The molecule has 1 aromatic heterocycles. The molecule has 2 aromatic rings. The van der Waals surface area contributed by atoms with Gasteiger partial charge >= 0.3 is 0 Å².